The zero-order valence-electron chi connectivity index (χ0n) is 10.2. The number of aryl methyl sites for hydroxylation is 1. The van der Waals surface area contributed by atoms with Gasteiger partial charge in [-0.15, -0.1) is 0 Å². The highest BCUT2D eigenvalue weighted by Gasteiger charge is 2.14. The highest BCUT2D eigenvalue weighted by molar-refractivity contribution is 9.10. The number of rotatable bonds is 3. The van der Waals surface area contributed by atoms with Crippen molar-refractivity contribution in [2.24, 2.45) is 0 Å². The van der Waals surface area contributed by atoms with Crippen molar-refractivity contribution in [1.82, 2.24) is 4.98 Å². The van der Waals surface area contributed by atoms with Gasteiger partial charge in [0, 0.05) is 11.9 Å². The normalized spacial score (nSPS) is 10.9. The van der Waals surface area contributed by atoms with Crippen molar-refractivity contribution >= 4 is 32.7 Å². The molecule has 2 aromatic rings. The van der Waals surface area contributed by atoms with Gasteiger partial charge in [0.25, 0.3) is 0 Å². The Morgan fingerprint density at radius 2 is 2.06 bits per heavy atom. The molecule has 0 amide bonds. The molecule has 0 aliphatic rings. The second-order valence-corrected chi connectivity index (χ2v) is 4.99. The van der Waals surface area contributed by atoms with Gasteiger partial charge in [-0.1, -0.05) is 6.92 Å². The van der Waals surface area contributed by atoms with Gasteiger partial charge in [0.1, 0.15) is 17.2 Å². The summed E-state index contributed by atoms with van der Waals surface area (Å²) in [4.78, 5) is 4.17. The van der Waals surface area contributed by atoms with Crippen LogP contribution in [-0.4, -0.2) is 11.5 Å². The second kappa shape index (κ2) is 5.18. The van der Waals surface area contributed by atoms with Crippen LogP contribution in [-0.2, 0) is 0 Å². The van der Waals surface area contributed by atoms with E-state index in [4.69, 9.17) is 0 Å². The lowest BCUT2D eigenvalue weighted by Crippen LogP contribution is -2.05. The Balaban J connectivity index is 2.64. The van der Waals surface area contributed by atoms with Gasteiger partial charge in [-0.25, -0.2) is 13.8 Å². The van der Waals surface area contributed by atoms with Crippen LogP contribution in [0.4, 0.5) is 14.6 Å². The van der Waals surface area contributed by atoms with Gasteiger partial charge in [-0.3, -0.25) is 0 Å². The first-order valence-corrected chi connectivity index (χ1v) is 6.52. The Bertz CT molecular complexity index is 599. The van der Waals surface area contributed by atoms with E-state index < -0.39 is 11.6 Å². The molecule has 0 radical (unpaired) electrons. The summed E-state index contributed by atoms with van der Waals surface area (Å²) in [6, 6.07) is 2.72. The van der Waals surface area contributed by atoms with Gasteiger partial charge in [0.2, 0.25) is 0 Å². The molecular formula is C13H13BrF2N2. The van der Waals surface area contributed by atoms with E-state index in [1.807, 2.05) is 13.8 Å². The minimum atomic E-state index is -0.530. The molecule has 5 heteroatoms. The number of aromatic nitrogens is 1. The van der Waals surface area contributed by atoms with E-state index in [0.29, 0.717) is 5.82 Å². The number of hydrogen-bond acceptors (Lipinski definition) is 2. The molecule has 0 fully saturated rings. The van der Waals surface area contributed by atoms with Gasteiger partial charge in [0.05, 0.1) is 4.47 Å². The molecule has 0 aliphatic carbocycles. The lowest BCUT2D eigenvalue weighted by molar-refractivity contribution is 0.610. The molecule has 2 rings (SSSR count). The van der Waals surface area contributed by atoms with Crippen LogP contribution in [0.2, 0.25) is 0 Å². The van der Waals surface area contributed by atoms with Crippen molar-refractivity contribution in [3.8, 4) is 0 Å². The third-order valence-corrected chi connectivity index (χ3v) is 3.26. The van der Waals surface area contributed by atoms with Crippen molar-refractivity contribution in [2.75, 3.05) is 11.9 Å². The van der Waals surface area contributed by atoms with E-state index >= 15 is 0 Å². The van der Waals surface area contributed by atoms with E-state index in [-0.39, 0.29) is 15.4 Å². The molecule has 0 saturated carbocycles. The van der Waals surface area contributed by atoms with E-state index in [9.17, 15) is 8.78 Å². The number of benzene rings is 1. The number of fused-ring (bicyclic) bond motifs is 1. The summed E-state index contributed by atoms with van der Waals surface area (Å²) in [5, 5.41) is 3.30. The predicted octanol–water partition coefficient (Wildman–Crippen LogP) is 4.41. The fraction of sp³-hybridized carbons (Fsp3) is 0.308. The Kier molecular flexibility index (Phi) is 3.80. The topological polar surface area (TPSA) is 24.9 Å². The van der Waals surface area contributed by atoms with Crippen molar-refractivity contribution < 1.29 is 8.78 Å². The summed E-state index contributed by atoms with van der Waals surface area (Å²) in [5.41, 5.74) is 0.854. The maximum atomic E-state index is 13.9. The molecule has 0 spiro atoms. The minimum absolute atomic E-state index is 0.0555. The Labute approximate surface area is 113 Å². The lowest BCUT2D eigenvalue weighted by Gasteiger charge is -2.10. The number of pyridine rings is 1. The summed E-state index contributed by atoms with van der Waals surface area (Å²) in [5.74, 6) is -0.410. The van der Waals surface area contributed by atoms with Crippen molar-refractivity contribution in [3.63, 3.8) is 0 Å². The van der Waals surface area contributed by atoms with E-state index in [0.717, 1.165) is 24.6 Å². The van der Waals surface area contributed by atoms with Crippen LogP contribution in [0.5, 0.6) is 0 Å². The van der Waals surface area contributed by atoms with E-state index in [1.54, 1.807) is 6.07 Å². The Hall–Kier alpha value is -1.23. The van der Waals surface area contributed by atoms with Crippen LogP contribution in [0.1, 0.15) is 18.9 Å². The molecule has 0 aliphatic heterocycles. The maximum Gasteiger partial charge on any atom is 0.150 e. The summed E-state index contributed by atoms with van der Waals surface area (Å²) in [6.45, 7) is 4.60. The van der Waals surface area contributed by atoms with Crippen molar-refractivity contribution in [1.29, 1.82) is 0 Å². The number of nitrogens with zero attached hydrogens (tertiary/aromatic N) is 1. The Morgan fingerprint density at radius 1 is 1.33 bits per heavy atom. The monoisotopic (exact) mass is 314 g/mol. The first-order valence-electron chi connectivity index (χ1n) is 5.73. The number of halogens is 3. The molecule has 0 saturated heterocycles. The molecule has 18 heavy (non-hydrogen) atoms. The SMILES string of the molecule is CCCNc1nc2c(F)cc(Br)c(F)c2cc1C. The first kappa shape index (κ1) is 13.2. The fourth-order valence-electron chi connectivity index (χ4n) is 1.76. The zero-order chi connectivity index (χ0) is 13.3. The van der Waals surface area contributed by atoms with Gasteiger partial charge in [-0.2, -0.15) is 0 Å². The molecule has 1 heterocycles. The summed E-state index contributed by atoms with van der Waals surface area (Å²) in [6.07, 6.45) is 0.941. The molecule has 0 atom stereocenters. The molecule has 1 aromatic carbocycles. The number of hydrogen-bond donors (Lipinski definition) is 1. The fourth-order valence-corrected chi connectivity index (χ4v) is 2.17. The predicted molar refractivity (Wildman–Crippen MR) is 72.9 cm³/mol. The minimum Gasteiger partial charge on any atom is -0.370 e. The maximum absolute atomic E-state index is 13.9. The highest BCUT2D eigenvalue weighted by atomic mass is 79.9. The van der Waals surface area contributed by atoms with Crippen LogP contribution in [0.15, 0.2) is 16.6 Å². The molecule has 1 N–H and O–H groups in total. The summed E-state index contributed by atoms with van der Waals surface area (Å²) in [7, 11) is 0. The average molecular weight is 315 g/mol. The van der Waals surface area contributed by atoms with Gasteiger partial charge >= 0.3 is 0 Å². The first-order chi connectivity index (χ1) is 8.54. The summed E-state index contributed by atoms with van der Waals surface area (Å²) >= 11 is 2.99. The molecule has 96 valence electrons. The average Bonchev–Trinajstić information content (AvgIpc) is 2.34. The lowest BCUT2D eigenvalue weighted by atomic mass is 10.1. The van der Waals surface area contributed by atoms with Crippen LogP contribution in [0.3, 0.4) is 0 Å². The van der Waals surface area contributed by atoms with Crippen molar-refractivity contribution in [3.05, 3.63) is 33.8 Å². The standard InChI is InChI=1S/C13H13BrF2N2/c1-3-4-17-13-7(2)5-8-11(16)9(14)6-10(15)12(8)18-13/h5-6H,3-4H2,1-2H3,(H,17,18). The largest absolute Gasteiger partial charge is 0.370 e. The highest BCUT2D eigenvalue weighted by Crippen LogP contribution is 2.29. The molecule has 1 aromatic heterocycles. The molecule has 0 bridgehead atoms. The molecule has 0 unspecified atom stereocenters. The van der Waals surface area contributed by atoms with Gasteiger partial charge in [-0.05, 0) is 47.0 Å². The number of anilines is 1. The van der Waals surface area contributed by atoms with Crippen LogP contribution in [0, 0.1) is 18.6 Å². The van der Waals surface area contributed by atoms with Crippen LogP contribution < -0.4 is 5.32 Å². The quantitative estimate of drug-likeness (QED) is 0.849. The summed E-state index contributed by atoms with van der Waals surface area (Å²) < 4.78 is 27.8. The van der Waals surface area contributed by atoms with Gasteiger partial charge < -0.3 is 5.32 Å². The van der Waals surface area contributed by atoms with Crippen LogP contribution >= 0.6 is 15.9 Å². The van der Waals surface area contributed by atoms with E-state index in [1.165, 1.54) is 0 Å². The zero-order valence-corrected chi connectivity index (χ0v) is 11.7. The van der Waals surface area contributed by atoms with Crippen molar-refractivity contribution in [2.45, 2.75) is 20.3 Å². The van der Waals surface area contributed by atoms with E-state index in [2.05, 4.69) is 26.2 Å². The van der Waals surface area contributed by atoms with Gasteiger partial charge in [0.15, 0.2) is 5.82 Å². The third-order valence-electron chi connectivity index (χ3n) is 2.68. The number of nitrogens with one attached hydrogen (secondary N) is 1. The Morgan fingerprint density at radius 3 is 2.72 bits per heavy atom. The molecular weight excluding hydrogens is 302 g/mol. The smallest absolute Gasteiger partial charge is 0.150 e. The van der Waals surface area contributed by atoms with Crippen LogP contribution in [0.25, 0.3) is 10.9 Å². The third kappa shape index (κ3) is 2.32. The second-order valence-electron chi connectivity index (χ2n) is 4.13. The molecule has 2 nitrogen and oxygen atoms in total.